The van der Waals surface area contributed by atoms with E-state index in [-0.39, 0.29) is 6.04 Å². The molecule has 1 N–H and O–H groups in total. The van der Waals surface area contributed by atoms with E-state index in [1.807, 2.05) is 13.8 Å². The summed E-state index contributed by atoms with van der Waals surface area (Å²) in [5.41, 5.74) is 2.21. The third-order valence-corrected chi connectivity index (χ3v) is 3.42. The normalized spacial score (nSPS) is 12.2. The molecule has 2 aromatic rings. The maximum absolute atomic E-state index is 5.46. The van der Waals surface area contributed by atoms with Crippen LogP contribution in [0.2, 0.25) is 0 Å². The van der Waals surface area contributed by atoms with E-state index in [1.54, 1.807) is 11.3 Å². The second-order valence-corrected chi connectivity index (χ2v) is 4.79. The molecular weight excluding hydrogens is 246 g/mol. The number of rotatable bonds is 5. The highest BCUT2D eigenvalue weighted by Crippen LogP contribution is 2.25. The number of nitrogens with one attached hydrogen (secondary N) is 1. The molecule has 4 nitrogen and oxygen atoms in total. The Morgan fingerprint density at radius 2 is 2.28 bits per heavy atom. The fourth-order valence-electron chi connectivity index (χ4n) is 1.67. The van der Waals surface area contributed by atoms with Gasteiger partial charge < -0.3 is 10.1 Å². The van der Waals surface area contributed by atoms with Gasteiger partial charge >= 0.3 is 0 Å². The van der Waals surface area contributed by atoms with E-state index in [1.165, 1.54) is 11.9 Å². The topological polar surface area (TPSA) is 47.0 Å². The summed E-state index contributed by atoms with van der Waals surface area (Å²) in [7, 11) is 0. The molecule has 1 unspecified atom stereocenters. The molecule has 0 bridgehead atoms. The van der Waals surface area contributed by atoms with E-state index in [9.17, 15) is 0 Å². The zero-order chi connectivity index (χ0) is 13.0. The quantitative estimate of drug-likeness (QED) is 0.898. The highest BCUT2D eigenvalue weighted by molar-refractivity contribution is 7.07. The maximum Gasteiger partial charge on any atom is 0.221 e. The van der Waals surface area contributed by atoms with Gasteiger partial charge in [0, 0.05) is 0 Å². The predicted octanol–water partition coefficient (Wildman–Crippen LogP) is 3.42. The molecule has 18 heavy (non-hydrogen) atoms. The lowest BCUT2D eigenvalue weighted by Gasteiger charge is -2.16. The fraction of sp³-hybridized carbons (Fsp3) is 0.385. The van der Waals surface area contributed by atoms with Crippen LogP contribution >= 0.6 is 11.3 Å². The number of ether oxygens (including phenoxy) is 1. The average Bonchev–Trinajstić information content (AvgIpc) is 2.88. The molecule has 0 radical (unpaired) electrons. The van der Waals surface area contributed by atoms with Crippen molar-refractivity contribution in [2.75, 3.05) is 11.9 Å². The minimum atomic E-state index is 0.222. The van der Waals surface area contributed by atoms with Crippen LogP contribution in [0.4, 0.5) is 5.82 Å². The summed E-state index contributed by atoms with van der Waals surface area (Å²) in [5.74, 6) is 1.47. The van der Waals surface area contributed by atoms with Gasteiger partial charge in [-0.2, -0.15) is 11.3 Å². The van der Waals surface area contributed by atoms with E-state index in [0.29, 0.717) is 12.5 Å². The van der Waals surface area contributed by atoms with Gasteiger partial charge in [-0.15, -0.1) is 0 Å². The van der Waals surface area contributed by atoms with Gasteiger partial charge in [0.05, 0.1) is 18.2 Å². The third kappa shape index (κ3) is 2.79. The van der Waals surface area contributed by atoms with E-state index < -0.39 is 0 Å². The van der Waals surface area contributed by atoms with Crippen LogP contribution in [0.3, 0.4) is 0 Å². The second-order valence-electron chi connectivity index (χ2n) is 4.01. The van der Waals surface area contributed by atoms with Crippen molar-refractivity contribution in [3.63, 3.8) is 0 Å². The van der Waals surface area contributed by atoms with Gasteiger partial charge in [-0.3, -0.25) is 0 Å². The smallest absolute Gasteiger partial charge is 0.221 e. The molecule has 2 rings (SSSR count). The molecule has 96 valence electrons. The van der Waals surface area contributed by atoms with Crippen molar-refractivity contribution in [2.45, 2.75) is 26.8 Å². The minimum Gasteiger partial charge on any atom is -0.478 e. The molecule has 0 aliphatic heterocycles. The summed E-state index contributed by atoms with van der Waals surface area (Å²) in [6, 6.07) is 2.34. The zero-order valence-corrected chi connectivity index (χ0v) is 11.6. The Bertz CT molecular complexity index is 499. The van der Waals surface area contributed by atoms with Gasteiger partial charge in [-0.25, -0.2) is 9.97 Å². The maximum atomic E-state index is 5.46. The number of anilines is 1. The monoisotopic (exact) mass is 263 g/mol. The molecule has 0 fully saturated rings. The van der Waals surface area contributed by atoms with Crippen molar-refractivity contribution >= 4 is 17.2 Å². The highest BCUT2D eigenvalue weighted by Gasteiger charge is 2.11. The minimum absolute atomic E-state index is 0.222. The molecule has 0 spiro atoms. The first-order valence-corrected chi connectivity index (χ1v) is 6.89. The summed E-state index contributed by atoms with van der Waals surface area (Å²) in [4.78, 5) is 8.40. The lowest BCUT2D eigenvalue weighted by atomic mass is 10.2. The number of aromatic nitrogens is 2. The van der Waals surface area contributed by atoms with Crippen molar-refractivity contribution < 1.29 is 4.74 Å². The van der Waals surface area contributed by atoms with E-state index in [2.05, 4.69) is 39.0 Å². The Morgan fingerprint density at radius 3 is 2.94 bits per heavy atom. The lowest BCUT2D eigenvalue weighted by Crippen LogP contribution is -2.10. The summed E-state index contributed by atoms with van der Waals surface area (Å²) in [6.45, 7) is 6.64. The molecule has 0 aliphatic rings. The van der Waals surface area contributed by atoms with Crippen molar-refractivity contribution in [1.29, 1.82) is 0 Å². The van der Waals surface area contributed by atoms with Crippen LogP contribution in [0.25, 0.3) is 0 Å². The Kier molecular flexibility index (Phi) is 4.15. The number of hydrogen-bond donors (Lipinski definition) is 1. The summed E-state index contributed by atoms with van der Waals surface area (Å²) < 4.78 is 5.46. The standard InChI is InChI=1S/C13H17N3OS/c1-4-17-13-9(2)12(14-8-15-13)16-10(3)11-5-6-18-7-11/h5-8,10H,4H2,1-3H3,(H,14,15,16). The Hall–Kier alpha value is -1.62. The van der Waals surface area contributed by atoms with Crippen LogP contribution in [0.15, 0.2) is 23.2 Å². The molecule has 2 heterocycles. The number of thiophene rings is 1. The SMILES string of the molecule is CCOc1ncnc(NC(C)c2ccsc2)c1C. The first-order valence-electron chi connectivity index (χ1n) is 5.95. The first kappa shape index (κ1) is 12.8. The van der Waals surface area contributed by atoms with Crippen molar-refractivity contribution in [1.82, 2.24) is 9.97 Å². The van der Waals surface area contributed by atoms with Gasteiger partial charge in [0.1, 0.15) is 12.1 Å². The Balaban J connectivity index is 2.16. The van der Waals surface area contributed by atoms with Crippen LogP contribution in [-0.4, -0.2) is 16.6 Å². The van der Waals surface area contributed by atoms with Crippen LogP contribution in [0.1, 0.15) is 31.0 Å². The van der Waals surface area contributed by atoms with Crippen molar-refractivity contribution in [2.24, 2.45) is 0 Å². The van der Waals surface area contributed by atoms with E-state index >= 15 is 0 Å². The largest absolute Gasteiger partial charge is 0.478 e. The van der Waals surface area contributed by atoms with Crippen LogP contribution in [0.5, 0.6) is 5.88 Å². The molecule has 5 heteroatoms. The summed E-state index contributed by atoms with van der Waals surface area (Å²) in [5, 5.41) is 7.60. The predicted molar refractivity (Wildman–Crippen MR) is 74.3 cm³/mol. The molecule has 0 saturated heterocycles. The lowest BCUT2D eigenvalue weighted by molar-refractivity contribution is 0.324. The van der Waals surface area contributed by atoms with E-state index in [4.69, 9.17) is 4.74 Å². The molecular formula is C13H17N3OS. The molecule has 0 saturated carbocycles. The summed E-state index contributed by atoms with van der Waals surface area (Å²) in [6.07, 6.45) is 1.53. The van der Waals surface area contributed by atoms with Crippen LogP contribution in [0, 0.1) is 6.92 Å². The van der Waals surface area contributed by atoms with Gasteiger partial charge in [0.25, 0.3) is 0 Å². The first-order chi connectivity index (χ1) is 8.72. The Morgan fingerprint density at radius 1 is 1.44 bits per heavy atom. The molecule has 0 aliphatic carbocycles. The van der Waals surface area contributed by atoms with Crippen molar-refractivity contribution in [3.05, 3.63) is 34.3 Å². The fourth-order valence-corrected chi connectivity index (χ4v) is 2.43. The summed E-state index contributed by atoms with van der Waals surface area (Å²) >= 11 is 1.70. The van der Waals surface area contributed by atoms with Gasteiger partial charge in [-0.1, -0.05) is 0 Å². The molecule has 0 amide bonds. The number of hydrogen-bond acceptors (Lipinski definition) is 5. The van der Waals surface area contributed by atoms with Crippen molar-refractivity contribution in [3.8, 4) is 5.88 Å². The second kappa shape index (κ2) is 5.82. The zero-order valence-electron chi connectivity index (χ0n) is 10.8. The van der Waals surface area contributed by atoms with E-state index in [0.717, 1.165) is 11.4 Å². The third-order valence-electron chi connectivity index (χ3n) is 2.72. The van der Waals surface area contributed by atoms with Crippen LogP contribution < -0.4 is 10.1 Å². The molecule has 2 aromatic heterocycles. The molecule has 1 atom stereocenters. The average molecular weight is 263 g/mol. The van der Waals surface area contributed by atoms with Gasteiger partial charge in [0.2, 0.25) is 5.88 Å². The Labute approximate surface area is 111 Å². The van der Waals surface area contributed by atoms with Gasteiger partial charge in [0.15, 0.2) is 0 Å². The number of nitrogens with zero attached hydrogens (tertiary/aromatic N) is 2. The van der Waals surface area contributed by atoms with Gasteiger partial charge in [-0.05, 0) is 43.2 Å². The highest BCUT2D eigenvalue weighted by atomic mass is 32.1. The van der Waals surface area contributed by atoms with Crippen LogP contribution in [-0.2, 0) is 0 Å². The molecule has 0 aromatic carbocycles.